The lowest BCUT2D eigenvalue weighted by atomic mass is 10.0. The number of hydrogen-bond donors (Lipinski definition) is 2. The Kier molecular flexibility index (Phi) is 4.65. The van der Waals surface area contributed by atoms with Gasteiger partial charge in [0.25, 0.3) is 0 Å². The molecule has 1 aromatic rings. The van der Waals surface area contributed by atoms with Crippen molar-refractivity contribution < 1.29 is 15.0 Å². The summed E-state index contributed by atoms with van der Waals surface area (Å²) in [5.74, 6) is 0. The highest BCUT2D eigenvalue weighted by Crippen LogP contribution is 2.27. The van der Waals surface area contributed by atoms with E-state index in [2.05, 4.69) is 20.9 Å². The number of alkyl halides is 1. The number of aliphatic imine (C=N–C) groups is 1. The van der Waals surface area contributed by atoms with Crippen molar-refractivity contribution in [2.45, 2.75) is 12.2 Å². The molecule has 80 valence electrons. The summed E-state index contributed by atoms with van der Waals surface area (Å²) in [6.07, 6.45) is -0.602. The van der Waals surface area contributed by atoms with Gasteiger partial charge in [-0.1, -0.05) is 34.1 Å². The van der Waals surface area contributed by atoms with E-state index >= 15 is 0 Å². The van der Waals surface area contributed by atoms with E-state index in [1.807, 2.05) is 0 Å². The lowest BCUT2D eigenvalue weighted by Gasteiger charge is -2.16. The fourth-order valence-corrected chi connectivity index (χ4v) is 1.53. The minimum atomic E-state index is -1.07. The first-order chi connectivity index (χ1) is 7.20. The zero-order valence-electron chi connectivity index (χ0n) is 7.80. The van der Waals surface area contributed by atoms with E-state index in [1.165, 1.54) is 6.08 Å². The molecule has 15 heavy (non-hydrogen) atoms. The number of halogens is 1. The van der Waals surface area contributed by atoms with Gasteiger partial charge in [-0.25, -0.2) is 4.79 Å². The third-order valence-corrected chi connectivity index (χ3v) is 2.61. The van der Waals surface area contributed by atoms with Gasteiger partial charge >= 0.3 is 0 Å². The van der Waals surface area contributed by atoms with Crippen molar-refractivity contribution in [3.8, 4) is 0 Å². The molecule has 0 aliphatic carbocycles. The van der Waals surface area contributed by atoms with Crippen LogP contribution in [0.25, 0.3) is 0 Å². The summed E-state index contributed by atoms with van der Waals surface area (Å²) < 4.78 is 0. The van der Waals surface area contributed by atoms with E-state index < -0.39 is 12.2 Å². The van der Waals surface area contributed by atoms with Crippen LogP contribution in [0, 0.1) is 0 Å². The number of rotatable bonds is 4. The number of isocyanates is 1. The van der Waals surface area contributed by atoms with Crippen LogP contribution in [-0.4, -0.2) is 27.7 Å². The molecule has 0 aromatic heterocycles. The van der Waals surface area contributed by atoms with Crippen molar-refractivity contribution in [3.05, 3.63) is 29.8 Å². The van der Waals surface area contributed by atoms with Crippen molar-refractivity contribution in [1.82, 2.24) is 0 Å². The van der Waals surface area contributed by atoms with Crippen LogP contribution in [0.3, 0.4) is 0 Å². The fourth-order valence-electron chi connectivity index (χ4n) is 1.18. The van der Waals surface area contributed by atoms with Crippen LogP contribution in [0.15, 0.2) is 29.3 Å². The van der Waals surface area contributed by atoms with E-state index in [-0.39, 0.29) is 5.33 Å². The molecule has 2 atom stereocenters. The molecule has 0 saturated heterocycles. The van der Waals surface area contributed by atoms with Gasteiger partial charge in [0.15, 0.2) is 0 Å². The molecule has 0 heterocycles. The van der Waals surface area contributed by atoms with Gasteiger partial charge in [0.1, 0.15) is 6.10 Å². The second-order valence-corrected chi connectivity index (χ2v) is 3.58. The van der Waals surface area contributed by atoms with Crippen molar-refractivity contribution in [3.63, 3.8) is 0 Å². The number of benzene rings is 1. The van der Waals surface area contributed by atoms with Crippen LogP contribution in [-0.2, 0) is 4.79 Å². The van der Waals surface area contributed by atoms with Crippen LogP contribution in [0.1, 0.15) is 11.7 Å². The Hall–Kier alpha value is -1.00. The van der Waals surface area contributed by atoms with Gasteiger partial charge in [-0.05, 0) is 6.07 Å². The Bertz CT molecular complexity index is 377. The molecule has 1 aromatic carbocycles. The summed E-state index contributed by atoms with van der Waals surface area (Å²) in [4.78, 5) is 13.6. The third kappa shape index (κ3) is 2.97. The van der Waals surface area contributed by atoms with Crippen LogP contribution in [0.4, 0.5) is 5.69 Å². The maximum atomic E-state index is 10.1. The number of aliphatic hydroxyl groups is 2. The van der Waals surface area contributed by atoms with Gasteiger partial charge in [0.2, 0.25) is 6.08 Å². The van der Waals surface area contributed by atoms with Gasteiger partial charge in [-0.2, -0.15) is 4.99 Å². The summed E-state index contributed by atoms with van der Waals surface area (Å²) in [6.45, 7) is 0. The molecule has 0 aliphatic heterocycles. The number of nitrogens with zero attached hydrogens (tertiary/aromatic N) is 1. The predicted molar refractivity (Wildman–Crippen MR) is 59.0 cm³/mol. The largest absolute Gasteiger partial charge is 0.389 e. The topological polar surface area (TPSA) is 69.9 Å². The van der Waals surface area contributed by atoms with Crippen molar-refractivity contribution >= 4 is 27.7 Å². The molecule has 0 amide bonds. The Balaban J connectivity index is 3.07. The van der Waals surface area contributed by atoms with E-state index in [4.69, 9.17) is 0 Å². The molecule has 0 fully saturated rings. The maximum Gasteiger partial charge on any atom is 0.240 e. The summed E-state index contributed by atoms with van der Waals surface area (Å²) in [5, 5.41) is 19.4. The molecule has 0 saturated carbocycles. The number of hydrogen-bond acceptors (Lipinski definition) is 4. The maximum absolute atomic E-state index is 10.1. The molecule has 0 aliphatic rings. The Morgan fingerprint density at radius 1 is 1.40 bits per heavy atom. The molecule has 0 bridgehead atoms. The van der Waals surface area contributed by atoms with Gasteiger partial charge in [-0.3, -0.25) is 0 Å². The molecule has 5 heteroatoms. The highest BCUT2D eigenvalue weighted by molar-refractivity contribution is 9.09. The van der Waals surface area contributed by atoms with Gasteiger partial charge in [0.05, 0.1) is 11.8 Å². The molecule has 1 rings (SSSR count). The van der Waals surface area contributed by atoms with E-state index in [9.17, 15) is 15.0 Å². The molecule has 4 nitrogen and oxygen atoms in total. The second-order valence-electron chi connectivity index (χ2n) is 2.93. The smallest absolute Gasteiger partial charge is 0.240 e. The summed E-state index contributed by atoms with van der Waals surface area (Å²) >= 11 is 3.06. The highest BCUT2D eigenvalue weighted by Gasteiger charge is 2.19. The number of para-hydroxylation sites is 1. The summed E-state index contributed by atoms with van der Waals surface area (Å²) in [7, 11) is 0. The zero-order chi connectivity index (χ0) is 11.3. The van der Waals surface area contributed by atoms with Crippen LogP contribution < -0.4 is 0 Å². The van der Waals surface area contributed by atoms with E-state index in [0.717, 1.165) is 0 Å². The SMILES string of the molecule is O=C=Nc1ccccc1C(O)C(O)CBr. The standard InChI is InChI=1S/C10H10BrNO3/c11-5-9(14)10(15)7-3-1-2-4-8(7)12-6-13/h1-4,9-10,14-15H,5H2. The lowest BCUT2D eigenvalue weighted by Crippen LogP contribution is -2.19. The monoisotopic (exact) mass is 271 g/mol. The van der Waals surface area contributed by atoms with Gasteiger partial charge in [0, 0.05) is 10.9 Å². The minimum absolute atomic E-state index is 0.243. The minimum Gasteiger partial charge on any atom is -0.389 e. The van der Waals surface area contributed by atoms with Gasteiger partial charge in [-0.15, -0.1) is 0 Å². The molecular weight excluding hydrogens is 262 g/mol. The Labute approximate surface area is 95.4 Å². The van der Waals surface area contributed by atoms with Crippen LogP contribution >= 0.6 is 15.9 Å². The third-order valence-electron chi connectivity index (χ3n) is 1.94. The average molecular weight is 272 g/mol. The van der Waals surface area contributed by atoms with Crippen LogP contribution in [0.5, 0.6) is 0 Å². The predicted octanol–water partition coefficient (Wildman–Crippen LogP) is 1.44. The molecule has 2 N–H and O–H groups in total. The quantitative estimate of drug-likeness (QED) is 0.495. The first-order valence-electron chi connectivity index (χ1n) is 4.29. The summed E-state index contributed by atoms with van der Waals surface area (Å²) in [6, 6.07) is 6.56. The molecular formula is C10H10BrNO3. The number of carbonyl (C=O) groups excluding carboxylic acids is 1. The van der Waals surface area contributed by atoms with Crippen molar-refractivity contribution in [2.75, 3.05) is 5.33 Å². The van der Waals surface area contributed by atoms with Crippen molar-refractivity contribution in [2.24, 2.45) is 4.99 Å². The Morgan fingerprint density at radius 2 is 2.07 bits per heavy atom. The van der Waals surface area contributed by atoms with E-state index in [0.29, 0.717) is 11.3 Å². The molecule has 2 unspecified atom stereocenters. The van der Waals surface area contributed by atoms with Crippen molar-refractivity contribution in [1.29, 1.82) is 0 Å². The number of aliphatic hydroxyl groups excluding tert-OH is 2. The Morgan fingerprint density at radius 3 is 2.67 bits per heavy atom. The van der Waals surface area contributed by atoms with Crippen LogP contribution in [0.2, 0.25) is 0 Å². The summed E-state index contributed by atoms with van der Waals surface area (Å²) in [5.41, 5.74) is 0.729. The zero-order valence-corrected chi connectivity index (χ0v) is 9.39. The highest BCUT2D eigenvalue weighted by atomic mass is 79.9. The normalized spacial score (nSPS) is 14.1. The molecule has 0 spiro atoms. The lowest BCUT2D eigenvalue weighted by molar-refractivity contribution is 0.0346. The first kappa shape index (κ1) is 12.1. The van der Waals surface area contributed by atoms with Gasteiger partial charge < -0.3 is 10.2 Å². The average Bonchev–Trinajstić information content (AvgIpc) is 2.28. The molecule has 0 radical (unpaired) electrons. The first-order valence-corrected chi connectivity index (χ1v) is 5.41. The fraction of sp³-hybridized carbons (Fsp3) is 0.300. The second kappa shape index (κ2) is 5.78. The van der Waals surface area contributed by atoms with E-state index in [1.54, 1.807) is 24.3 Å².